The lowest BCUT2D eigenvalue weighted by Gasteiger charge is -2.07. The Labute approximate surface area is 110 Å². The van der Waals surface area contributed by atoms with Gasteiger partial charge < -0.3 is 15.8 Å². The van der Waals surface area contributed by atoms with Crippen molar-refractivity contribution in [2.75, 3.05) is 19.0 Å². The number of rotatable bonds is 5. The maximum absolute atomic E-state index is 11.5. The monoisotopic (exact) mass is 270 g/mol. The number of anilines is 1. The molecule has 0 saturated heterocycles. The molecular formula is C12H15ClN2O3. The molecule has 0 fully saturated rings. The van der Waals surface area contributed by atoms with Crippen LogP contribution < -0.4 is 11.1 Å². The second kappa shape index (κ2) is 6.98. The van der Waals surface area contributed by atoms with Gasteiger partial charge in [0.05, 0.1) is 17.7 Å². The average molecular weight is 271 g/mol. The number of methoxy groups -OCH3 is 1. The number of nitrogens with two attached hydrogens (primary N) is 1. The maximum Gasteiger partial charge on any atom is 0.339 e. The molecule has 0 bridgehead atoms. The molecule has 1 amide bonds. The molecular weight excluding hydrogens is 256 g/mol. The van der Waals surface area contributed by atoms with E-state index < -0.39 is 5.97 Å². The molecule has 0 spiro atoms. The van der Waals surface area contributed by atoms with Crippen molar-refractivity contribution in [2.45, 2.75) is 12.8 Å². The molecule has 1 aromatic rings. The summed E-state index contributed by atoms with van der Waals surface area (Å²) in [6.07, 6.45) is 0.979. The standard InChI is InChI=1S/C12H15ClN2O3/c1-18-12(17)9-5-4-8(7-10(9)13)15-11(16)3-2-6-14/h4-5,7H,2-3,6,14H2,1H3,(H,15,16). The van der Waals surface area contributed by atoms with E-state index in [1.54, 1.807) is 6.07 Å². The van der Waals surface area contributed by atoms with Crippen LogP contribution in [-0.4, -0.2) is 25.5 Å². The Morgan fingerprint density at radius 1 is 1.44 bits per heavy atom. The molecule has 0 unspecified atom stereocenters. The number of esters is 1. The van der Waals surface area contributed by atoms with Crippen LogP contribution in [0.15, 0.2) is 18.2 Å². The minimum absolute atomic E-state index is 0.137. The molecule has 0 aromatic heterocycles. The summed E-state index contributed by atoms with van der Waals surface area (Å²) in [6.45, 7) is 0.468. The van der Waals surface area contributed by atoms with Crippen LogP contribution in [0.4, 0.5) is 5.69 Å². The van der Waals surface area contributed by atoms with Crippen molar-refractivity contribution in [3.05, 3.63) is 28.8 Å². The summed E-state index contributed by atoms with van der Waals surface area (Å²) in [4.78, 5) is 22.8. The highest BCUT2D eigenvalue weighted by Gasteiger charge is 2.11. The number of benzene rings is 1. The minimum Gasteiger partial charge on any atom is -0.465 e. The van der Waals surface area contributed by atoms with Crippen LogP contribution in [0.1, 0.15) is 23.2 Å². The fourth-order valence-corrected chi connectivity index (χ4v) is 1.61. The fourth-order valence-electron chi connectivity index (χ4n) is 1.35. The van der Waals surface area contributed by atoms with Gasteiger partial charge in [-0.3, -0.25) is 4.79 Å². The lowest BCUT2D eigenvalue weighted by molar-refractivity contribution is -0.116. The molecule has 0 aliphatic rings. The number of hydrogen-bond donors (Lipinski definition) is 2. The van der Waals surface area contributed by atoms with Crippen LogP contribution in [-0.2, 0) is 9.53 Å². The van der Waals surface area contributed by atoms with Gasteiger partial charge in [-0.05, 0) is 31.2 Å². The molecule has 3 N–H and O–H groups in total. The van der Waals surface area contributed by atoms with Gasteiger partial charge in [0, 0.05) is 12.1 Å². The SMILES string of the molecule is COC(=O)c1ccc(NC(=O)CCCN)cc1Cl. The second-order valence-electron chi connectivity index (χ2n) is 3.63. The van der Waals surface area contributed by atoms with E-state index in [0.29, 0.717) is 25.1 Å². The number of halogens is 1. The van der Waals surface area contributed by atoms with Gasteiger partial charge in [0.15, 0.2) is 0 Å². The number of amides is 1. The Bertz CT molecular complexity index is 449. The van der Waals surface area contributed by atoms with Gasteiger partial charge in [0.1, 0.15) is 0 Å². The summed E-state index contributed by atoms with van der Waals surface area (Å²) in [5, 5.41) is 2.91. The van der Waals surface area contributed by atoms with E-state index in [4.69, 9.17) is 17.3 Å². The van der Waals surface area contributed by atoms with E-state index in [9.17, 15) is 9.59 Å². The molecule has 5 nitrogen and oxygen atoms in total. The molecule has 0 aliphatic carbocycles. The first-order chi connectivity index (χ1) is 8.58. The Morgan fingerprint density at radius 3 is 2.72 bits per heavy atom. The molecule has 0 saturated carbocycles. The zero-order chi connectivity index (χ0) is 13.5. The zero-order valence-electron chi connectivity index (χ0n) is 10.0. The summed E-state index contributed by atoms with van der Waals surface area (Å²) in [7, 11) is 1.28. The van der Waals surface area contributed by atoms with E-state index in [2.05, 4.69) is 10.1 Å². The third-order valence-corrected chi connectivity index (χ3v) is 2.58. The number of carbonyl (C=O) groups is 2. The van der Waals surface area contributed by atoms with Gasteiger partial charge in [0.2, 0.25) is 5.91 Å². The molecule has 6 heteroatoms. The van der Waals surface area contributed by atoms with Crippen LogP contribution in [0.25, 0.3) is 0 Å². The Kier molecular flexibility index (Phi) is 5.61. The first kappa shape index (κ1) is 14.5. The van der Waals surface area contributed by atoms with Gasteiger partial charge in [-0.25, -0.2) is 4.79 Å². The lowest BCUT2D eigenvalue weighted by Crippen LogP contribution is -2.13. The van der Waals surface area contributed by atoms with Crippen molar-refractivity contribution in [3.8, 4) is 0 Å². The predicted molar refractivity (Wildman–Crippen MR) is 69.7 cm³/mol. The molecule has 0 radical (unpaired) electrons. The first-order valence-corrected chi connectivity index (χ1v) is 5.84. The van der Waals surface area contributed by atoms with E-state index in [1.807, 2.05) is 0 Å². The molecule has 0 heterocycles. The van der Waals surface area contributed by atoms with Crippen LogP contribution in [0.2, 0.25) is 5.02 Å². The quantitative estimate of drug-likeness (QED) is 0.800. The first-order valence-electron chi connectivity index (χ1n) is 5.46. The van der Waals surface area contributed by atoms with Crippen molar-refractivity contribution in [1.82, 2.24) is 0 Å². The van der Waals surface area contributed by atoms with Gasteiger partial charge in [-0.1, -0.05) is 11.6 Å². The fraction of sp³-hybridized carbons (Fsp3) is 0.333. The number of nitrogens with one attached hydrogen (secondary N) is 1. The Balaban J connectivity index is 2.72. The average Bonchev–Trinajstić information content (AvgIpc) is 2.35. The molecule has 0 atom stereocenters. The summed E-state index contributed by atoms with van der Waals surface area (Å²) in [5.41, 5.74) is 6.11. The topological polar surface area (TPSA) is 81.4 Å². The lowest BCUT2D eigenvalue weighted by atomic mass is 10.2. The summed E-state index contributed by atoms with van der Waals surface area (Å²) in [5.74, 6) is -0.650. The van der Waals surface area contributed by atoms with E-state index in [-0.39, 0.29) is 16.5 Å². The summed E-state index contributed by atoms with van der Waals surface area (Å²) in [6, 6.07) is 4.61. The van der Waals surface area contributed by atoms with Crippen LogP contribution in [0.3, 0.4) is 0 Å². The third kappa shape index (κ3) is 4.01. The summed E-state index contributed by atoms with van der Waals surface area (Å²) < 4.78 is 4.57. The third-order valence-electron chi connectivity index (χ3n) is 2.27. The molecule has 1 aromatic carbocycles. The van der Waals surface area contributed by atoms with Crippen LogP contribution >= 0.6 is 11.6 Å². The van der Waals surface area contributed by atoms with Crippen molar-refractivity contribution in [3.63, 3.8) is 0 Å². The van der Waals surface area contributed by atoms with Gasteiger partial charge in [-0.15, -0.1) is 0 Å². The molecule has 18 heavy (non-hydrogen) atoms. The Morgan fingerprint density at radius 2 is 2.17 bits per heavy atom. The van der Waals surface area contributed by atoms with E-state index in [0.717, 1.165) is 0 Å². The highest BCUT2D eigenvalue weighted by Crippen LogP contribution is 2.21. The molecule has 0 aliphatic heterocycles. The largest absolute Gasteiger partial charge is 0.465 e. The van der Waals surface area contributed by atoms with E-state index in [1.165, 1.54) is 19.2 Å². The minimum atomic E-state index is -0.513. The number of hydrogen-bond acceptors (Lipinski definition) is 4. The van der Waals surface area contributed by atoms with Crippen molar-refractivity contribution in [1.29, 1.82) is 0 Å². The molecule has 1 rings (SSSR count). The highest BCUT2D eigenvalue weighted by atomic mass is 35.5. The summed E-state index contributed by atoms with van der Waals surface area (Å²) >= 11 is 5.92. The van der Waals surface area contributed by atoms with Crippen LogP contribution in [0, 0.1) is 0 Å². The van der Waals surface area contributed by atoms with E-state index >= 15 is 0 Å². The van der Waals surface area contributed by atoms with Crippen LogP contribution in [0.5, 0.6) is 0 Å². The van der Waals surface area contributed by atoms with Crippen molar-refractivity contribution in [2.24, 2.45) is 5.73 Å². The zero-order valence-corrected chi connectivity index (χ0v) is 10.8. The highest BCUT2D eigenvalue weighted by molar-refractivity contribution is 6.33. The predicted octanol–water partition coefficient (Wildman–Crippen LogP) is 1.80. The van der Waals surface area contributed by atoms with Crippen molar-refractivity contribution >= 4 is 29.2 Å². The van der Waals surface area contributed by atoms with Gasteiger partial charge in [0.25, 0.3) is 0 Å². The second-order valence-corrected chi connectivity index (χ2v) is 4.03. The number of carbonyl (C=O) groups excluding carboxylic acids is 2. The van der Waals surface area contributed by atoms with Gasteiger partial charge >= 0.3 is 5.97 Å². The van der Waals surface area contributed by atoms with Crippen molar-refractivity contribution < 1.29 is 14.3 Å². The molecule has 98 valence electrons. The normalized spacial score (nSPS) is 9.94. The smallest absolute Gasteiger partial charge is 0.339 e. The van der Waals surface area contributed by atoms with Gasteiger partial charge in [-0.2, -0.15) is 0 Å². The maximum atomic E-state index is 11.5. The Hall–Kier alpha value is -1.59. The number of ether oxygens (including phenoxy) is 1.